The van der Waals surface area contributed by atoms with Crippen LogP contribution in [0.25, 0.3) is 6.08 Å². The van der Waals surface area contributed by atoms with Gasteiger partial charge in [-0.25, -0.2) is 0 Å². The van der Waals surface area contributed by atoms with Gasteiger partial charge in [0.05, 0.1) is 0 Å². The molecule has 2 aliphatic rings. The Balaban J connectivity index is 2.13. The zero-order valence-electron chi connectivity index (χ0n) is 7.85. The largest absolute Gasteiger partial charge is 0.344 e. The maximum absolute atomic E-state index is 2.27. The van der Waals surface area contributed by atoms with Crippen LogP contribution in [0.3, 0.4) is 0 Å². The Bertz CT molecular complexity index is 452. The number of allylic oxidation sites excluding steroid dienone is 3. The number of nitrogens with zero attached hydrogens (tertiary/aromatic N) is 1. The van der Waals surface area contributed by atoms with Crippen LogP contribution in [0, 0.1) is 0 Å². The van der Waals surface area contributed by atoms with E-state index in [1.807, 2.05) is 0 Å². The highest BCUT2D eigenvalue weighted by Crippen LogP contribution is 2.26. The quantitative estimate of drug-likeness (QED) is 0.594. The van der Waals surface area contributed by atoms with Gasteiger partial charge >= 0.3 is 0 Å². The lowest BCUT2D eigenvalue weighted by molar-refractivity contribution is 0.466. The average Bonchev–Trinajstić information content (AvgIpc) is 2.26. The molecule has 68 valence electrons. The topological polar surface area (TPSA) is 3.24 Å². The number of hydrogen-bond acceptors (Lipinski definition) is 1. The first-order valence-corrected chi connectivity index (χ1v) is 4.84. The maximum Gasteiger partial charge on any atom is 0.0481 e. The molecule has 1 aromatic rings. The summed E-state index contributed by atoms with van der Waals surface area (Å²) in [7, 11) is 0. The molecule has 1 heteroatoms. The Labute approximate surface area is 83.7 Å². The van der Waals surface area contributed by atoms with Gasteiger partial charge in [-0.15, -0.1) is 0 Å². The lowest BCUT2D eigenvalue weighted by Gasteiger charge is -2.28. The molecule has 0 aliphatic carbocycles. The van der Waals surface area contributed by atoms with Crippen molar-refractivity contribution in [1.29, 1.82) is 0 Å². The predicted octanol–water partition coefficient (Wildman–Crippen LogP) is 2.93. The first-order chi connectivity index (χ1) is 6.93. The standard InChI is InChI=1S/C13H11N/c1-2-6-12-10-14-8-4-3-7-13(14)9-11(12)5-1/h1-9H,10H2. The van der Waals surface area contributed by atoms with Crippen LogP contribution in [0.4, 0.5) is 0 Å². The molecule has 0 bridgehead atoms. The van der Waals surface area contributed by atoms with Gasteiger partial charge in [0.1, 0.15) is 0 Å². The third-order valence-corrected chi connectivity index (χ3v) is 2.67. The molecule has 14 heavy (non-hydrogen) atoms. The van der Waals surface area contributed by atoms with Crippen LogP contribution in [-0.4, -0.2) is 4.90 Å². The molecule has 0 N–H and O–H groups in total. The van der Waals surface area contributed by atoms with Crippen molar-refractivity contribution >= 4 is 6.08 Å². The normalized spacial score (nSPS) is 17.4. The van der Waals surface area contributed by atoms with Crippen molar-refractivity contribution < 1.29 is 0 Å². The van der Waals surface area contributed by atoms with Gasteiger partial charge < -0.3 is 4.90 Å². The summed E-state index contributed by atoms with van der Waals surface area (Å²) in [5.74, 6) is 0. The van der Waals surface area contributed by atoms with Crippen molar-refractivity contribution in [2.75, 3.05) is 0 Å². The lowest BCUT2D eigenvalue weighted by Crippen LogP contribution is -2.20. The van der Waals surface area contributed by atoms with E-state index in [2.05, 4.69) is 59.7 Å². The van der Waals surface area contributed by atoms with E-state index in [4.69, 9.17) is 0 Å². The van der Waals surface area contributed by atoms with Crippen LogP contribution in [0.2, 0.25) is 0 Å². The second kappa shape index (κ2) is 2.88. The van der Waals surface area contributed by atoms with Gasteiger partial charge in [-0.3, -0.25) is 0 Å². The molecular weight excluding hydrogens is 170 g/mol. The van der Waals surface area contributed by atoms with Gasteiger partial charge in [0, 0.05) is 18.4 Å². The van der Waals surface area contributed by atoms with E-state index in [0.29, 0.717) is 0 Å². The zero-order valence-corrected chi connectivity index (χ0v) is 7.85. The summed E-state index contributed by atoms with van der Waals surface area (Å²) in [5, 5.41) is 0. The van der Waals surface area contributed by atoms with Crippen LogP contribution >= 0.6 is 0 Å². The van der Waals surface area contributed by atoms with Crippen molar-refractivity contribution in [2.24, 2.45) is 0 Å². The van der Waals surface area contributed by atoms with Gasteiger partial charge in [-0.2, -0.15) is 0 Å². The van der Waals surface area contributed by atoms with E-state index >= 15 is 0 Å². The fourth-order valence-electron chi connectivity index (χ4n) is 1.93. The van der Waals surface area contributed by atoms with Crippen molar-refractivity contribution in [3.05, 3.63) is 65.5 Å². The van der Waals surface area contributed by atoms with Crippen molar-refractivity contribution in [3.63, 3.8) is 0 Å². The summed E-state index contributed by atoms with van der Waals surface area (Å²) >= 11 is 0. The minimum Gasteiger partial charge on any atom is -0.344 e. The first kappa shape index (κ1) is 7.63. The molecule has 3 rings (SSSR count). The summed E-state index contributed by atoms with van der Waals surface area (Å²) in [5.41, 5.74) is 4.03. The first-order valence-electron chi connectivity index (χ1n) is 4.84. The van der Waals surface area contributed by atoms with Gasteiger partial charge in [0.25, 0.3) is 0 Å². The van der Waals surface area contributed by atoms with Gasteiger partial charge in [0.2, 0.25) is 0 Å². The van der Waals surface area contributed by atoms with E-state index in [1.54, 1.807) is 0 Å². The highest BCUT2D eigenvalue weighted by molar-refractivity contribution is 5.62. The molecule has 1 nitrogen and oxygen atoms in total. The van der Waals surface area contributed by atoms with E-state index in [9.17, 15) is 0 Å². The van der Waals surface area contributed by atoms with E-state index in [1.165, 1.54) is 16.8 Å². The Morgan fingerprint density at radius 3 is 3.00 bits per heavy atom. The molecule has 0 atom stereocenters. The summed E-state index contributed by atoms with van der Waals surface area (Å²) in [6, 6.07) is 8.55. The highest BCUT2D eigenvalue weighted by Gasteiger charge is 2.14. The van der Waals surface area contributed by atoms with E-state index < -0.39 is 0 Å². The minimum atomic E-state index is 0.989. The van der Waals surface area contributed by atoms with Crippen molar-refractivity contribution in [3.8, 4) is 0 Å². The van der Waals surface area contributed by atoms with Crippen LogP contribution in [0.5, 0.6) is 0 Å². The number of fused-ring (bicyclic) bond motifs is 2. The van der Waals surface area contributed by atoms with Crippen molar-refractivity contribution in [1.82, 2.24) is 4.90 Å². The molecule has 0 amide bonds. The summed E-state index contributed by atoms with van der Waals surface area (Å²) < 4.78 is 0. The fraction of sp³-hybridized carbons (Fsp3) is 0.0769. The Morgan fingerprint density at radius 1 is 1.07 bits per heavy atom. The molecule has 0 unspecified atom stereocenters. The Kier molecular flexibility index (Phi) is 1.57. The zero-order chi connectivity index (χ0) is 9.38. The van der Waals surface area contributed by atoms with Crippen LogP contribution in [0.15, 0.2) is 54.4 Å². The number of benzene rings is 1. The molecule has 2 aliphatic heterocycles. The monoisotopic (exact) mass is 181 g/mol. The second-order valence-electron chi connectivity index (χ2n) is 3.60. The Hall–Kier alpha value is -1.76. The molecule has 1 aromatic carbocycles. The molecule has 0 aromatic heterocycles. The molecular formula is C13H11N. The SMILES string of the molecule is C1=CC2=Cc3ccccc3CN2C=C1. The van der Waals surface area contributed by atoms with Crippen LogP contribution < -0.4 is 0 Å². The second-order valence-corrected chi connectivity index (χ2v) is 3.60. The van der Waals surface area contributed by atoms with Gasteiger partial charge in [-0.1, -0.05) is 30.3 Å². The minimum absolute atomic E-state index is 0.989. The summed E-state index contributed by atoms with van der Waals surface area (Å²) in [6.45, 7) is 0.989. The van der Waals surface area contributed by atoms with Gasteiger partial charge in [0.15, 0.2) is 0 Å². The van der Waals surface area contributed by atoms with E-state index in [-0.39, 0.29) is 0 Å². The fourth-order valence-corrected chi connectivity index (χ4v) is 1.93. The van der Waals surface area contributed by atoms with Crippen LogP contribution in [0.1, 0.15) is 11.1 Å². The number of rotatable bonds is 0. The highest BCUT2D eigenvalue weighted by atomic mass is 15.1. The Morgan fingerprint density at radius 2 is 2.00 bits per heavy atom. The molecule has 0 fully saturated rings. The third kappa shape index (κ3) is 1.10. The third-order valence-electron chi connectivity index (χ3n) is 2.67. The molecule has 0 saturated carbocycles. The number of hydrogen-bond donors (Lipinski definition) is 0. The molecule has 0 spiro atoms. The van der Waals surface area contributed by atoms with Crippen molar-refractivity contribution in [2.45, 2.75) is 6.54 Å². The summed E-state index contributed by atoms with van der Waals surface area (Å²) in [6.07, 6.45) is 10.7. The molecule has 2 heterocycles. The molecule has 0 radical (unpaired) electrons. The van der Waals surface area contributed by atoms with Gasteiger partial charge in [-0.05, 0) is 29.4 Å². The maximum atomic E-state index is 2.27. The van der Waals surface area contributed by atoms with E-state index in [0.717, 1.165) is 6.54 Å². The molecule has 0 saturated heterocycles. The summed E-state index contributed by atoms with van der Waals surface area (Å²) in [4.78, 5) is 2.27. The predicted molar refractivity (Wildman–Crippen MR) is 58.2 cm³/mol. The average molecular weight is 181 g/mol. The smallest absolute Gasteiger partial charge is 0.0481 e. The lowest BCUT2D eigenvalue weighted by atomic mass is 10.0. The van der Waals surface area contributed by atoms with Crippen LogP contribution in [-0.2, 0) is 6.54 Å².